The monoisotopic (exact) mass is 617 g/mol. The molecule has 2 aliphatic rings. The Bertz CT molecular complexity index is 1430. The van der Waals surface area contributed by atoms with E-state index < -0.39 is 50.4 Å². The summed E-state index contributed by atoms with van der Waals surface area (Å²) in [4.78, 5) is 26.0. The topological polar surface area (TPSA) is 167 Å². The molecule has 3 N–H and O–H groups in total. The fourth-order valence-electron chi connectivity index (χ4n) is 5.50. The molecule has 14 heteroatoms. The van der Waals surface area contributed by atoms with Crippen LogP contribution >= 0.6 is 7.75 Å². The Morgan fingerprint density at radius 3 is 2.49 bits per heavy atom. The van der Waals surface area contributed by atoms with Crippen molar-refractivity contribution < 1.29 is 38.1 Å². The summed E-state index contributed by atoms with van der Waals surface area (Å²) in [6, 6.07) is 7.43. The van der Waals surface area contributed by atoms with Gasteiger partial charge in [0.25, 0.3) is 0 Å². The van der Waals surface area contributed by atoms with Crippen molar-refractivity contribution in [1.29, 1.82) is 0 Å². The number of aryl methyl sites for hydroxylation is 1. The number of aliphatic hydroxyl groups excluding tert-OH is 2. The Morgan fingerprint density at radius 2 is 1.79 bits per heavy atom. The van der Waals surface area contributed by atoms with Crippen molar-refractivity contribution in [3.8, 4) is 5.75 Å². The van der Waals surface area contributed by atoms with Crippen LogP contribution in [-0.2, 0) is 23.4 Å². The van der Waals surface area contributed by atoms with Crippen LogP contribution in [-0.4, -0.2) is 72.3 Å². The lowest BCUT2D eigenvalue weighted by Crippen LogP contribution is -2.45. The van der Waals surface area contributed by atoms with Gasteiger partial charge < -0.3 is 24.2 Å². The Kier molecular flexibility index (Phi) is 9.79. The fraction of sp³-hybridized carbons (Fsp3) is 0.586. The number of nitrogens with zero attached hydrogens (tertiary/aromatic N) is 4. The molecule has 5 rings (SSSR count). The van der Waals surface area contributed by atoms with E-state index in [9.17, 15) is 19.6 Å². The molecule has 2 fully saturated rings. The molecule has 0 spiro atoms. The standard InChI is InChI=1S/C29H40N5O8P/c1-17(2)22(29(37)39-20-11-7-5-8-12-20)33-43(38,42-21-13-9-6-10-14-21)41-19(4)26-24(35)25(36)28(40-26)34-16-32-23-18(3)30-15-31-27(23)34/h6,9-10,13-17,19-20,22,24-26,28,35-36H,5,7-8,11-12H2,1-4H3,(H,33,38)/t19?,22?,24-,25+,26+,28+,43?/m0/s1. The predicted octanol–water partition coefficient (Wildman–Crippen LogP) is 3.84. The van der Waals surface area contributed by atoms with Gasteiger partial charge in [0.1, 0.15) is 48.1 Å². The van der Waals surface area contributed by atoms with E-state index in [4.69, 9.17) is 18.5 Å². The molecule has 1 aromatic carbocycles. The molecule has 13 nitrogen and oxygen atoms in total. The number of imidazole rings is 1. The van der Waals surface area contributed by atoms with Gasteiger partial charge in [-0.15, -0.1) is 0 Å². The Hall–Kier alpha value is -2.93. The van der Waals surface area contributed by atoms with E-state index in [1.54, 1.807) is 44.2 Å². The van der Waals surface area contributed by atoms with Crippen LogP contribution in [0.3, 0.4) is 0 Å². The normalized spacial score (nSPS) is 25.8. The van der Waals surface area contributed by atoms with Gasteiger partial charge in [-0.2, -0.15) is 5.09 Å². The average molecular weight is 618 g/mol. The molecule has 1 aliphatic carbocycles. The van der Waals surface area contributed by atoms with Crippen molar-refractivity contribution in [2.24, 2.45) is 5.92 Å². The van der Waals surface area contributed by atoms with Crippen LogP contribution < -0.4 is 9.61 Å². The number of benzene rings is 1. The summed E-state index contributed by atoms with van der Waals surface area (Å²) in [5.41, 5.74) is 1.61. The van der Waals surface area contributed by atoms with Crippen molar-refractivity contribution in [3.63, 3.8) is 0 Å². The summed E-state index contributed by atoms with van der Waals surface area (Å²) in [7, 11) is -4.30. The highest BCUT2D eigenvalue weighted by Gasteiger charge is 2.49. The minimum Gasteiger partial charge on any atom is -0.461 e. The first-order valence-corrected chi connectivity index (χ1v) is 16.3. The van der Waals surface area contributed by atoms with Crippen molar-refractivity contribution in [3.05, 3.63) is 48.7 Å². The number of hydrogen-bond acceptors (Lipinski definition) is 11. The van der Waals surface area contributed by atoms with Gasteiger partial charge in [-0.3, -0.25) is 13.9 Å². The minimum absolute atomic E-state index is 0.188. The lowest BCUT2D eigenvalue weighted by molar-refractivity contribution is -0.154. The summed E-state index contributed by atoms with van der Waals surface area (Å²) in [5, 5.41) is 24.8. The molecular weight excluding hydrogens is 577 g/mol. The minimum atomic E-state index is -4.30. The number of rotatable bonds is 11. The number of nitrogens with one attached hydrogen (secondary N) is 1. The zero-order valence-corrected chi connectivity index (χ0v) is 25.7. The number of carbonyl (C=O) groups is 1. The predicted molar refractivity (Wildman–Crippen MR) is 156 cm³/mol. The van der Waals surface area contributed by atoms with Crippen LogP contribution in [0.25, 0.3) is 11.2 Å². The second-order valence-electron chi connectivity index (χ2n) is 11.5. The van der Waals surface area contributed by atoms with Crippen LogP contribution in [0.15, 0.2) is 43.0 Å². The van der Waals surface area contributed by atoms with Gasteiger partial charge in [0.15, 0.2) is 11.9 Å². The molecule has 3 aromatic rings. The lowest BCUT2D eigenvalue weighted by atomic mass is 9.97. The number of para-hydroxylation sites is 1. The third kappa shape index (κ3) is 7.08. The largest absolute Gasteiger partial charge is 0.461 e. The number of aromatic nitrogens is 4. The smallest absolute Gasteiger partial charge is 0.459 e. The first kappa shape index (κ1) is 31.5. The summed E-state index contributed by atoms with van der Waals surface area (Å²) < 4.78 is 39.6. The van der Waals surface area contributed by atoms with Gasteiger partial charge in [0.05, 0.1) is 18.1 Å². The summed E-state index contributed by atoms with van der Waals surface area (Å²) in [6.45, 7) is 6.95. The maximum Gasteiger partial charge on any atom is 0.459 e. The van der Waals surface area contributed by atoms with Crippen LogP contribution in [0.5, 0.6) is 5.75 Å². The van der Waals surface area contributed by atoms with E-state index in [0.29, 0.717) is 16.9 Å². The van der Waals surface area contributed by atoms with Crippen molar-refractivity contribution in [2.75, 3.05) is 0 Å². The SMILES string of the molecule is Cc1ncnc2c1ncn2[C@@H]1O[C@H](C(C)OP(=O)(NC(C(=O)OC2CCCCC2)C(C)C)Oc2ccccc2)[C@@H](O)[C@H]1O. The number of hydrogen-bond donors (Lipinski definition) is 3. The van der Waals surface area contributed by atoms with Crippen LogP contribution in [0.2, 0.25) is 0 Å². The molecule has 43 heavy (non-hydrogen) atoms. The van der Waals surface area contributed by atoms with E-state index >= 15 is 0 Å². The molecule has 1 saturated carbocycles. The zero-order valence-electron chi connectivity index (χ0n) is 24.8. The lowest BCUT2D eigenvalue weighted by Gasteiger charge is -2.31. The maximum absolute atomic E-state index is 14.4. The van der Waals surface area contributed by atoms with E-state index in [1.165, 1.54) is 17.2 Å². The quantitative estimate of drug-likeness (QED) is 0.210. The van der Waals surface area contributed by atoms with Crippen molar-refractivity contribution in [1.82, 2.24) is 24.6 Å². The van der Waals surface area contributed by atoms with E-state index in [2.05, 4.69) is 20.0 Å². The third-order valence-corrected chi connectivity index (χ3v) is 9.54. The van der Waals surface area contributed by atoms with Gasteiger partial charge in [0, 0.05) is 0 Å². The number of ether oxygens (including phenoxy) is 2. The van der Waals surface area contributed by atoms with Crippen molar-refractivity contribution >= 4 is 24.9 Å². The fourth-order valence-corrected chi connectivity index (χ4v) is 7.36. The van der Waals surface area contributed by atoms with Gasteiger partial charge in [-0.05, 0) is 57.6 Å². The first-order chi connectivity index (χ1) is 20.6. The average Bonchev–Trinajstić information content (AvgIpc) is 3.54. The molecule has 1 saturated heterocycles. The molecule has 3 unspecified atom stereocenters. The molecule has 1 aliphatic heterocycles. The number of fused-ring (bicyclic) bond motifs is 1. The molecular formula is C29H40N5O8P. The highest BCUT2D eigenvalue weighted by atomic mass is 31.2. The Morgan fingerprint density at radius 1 is 1.07 bits per heavy atom. The Labute approximate surface area is 250 Å². The third-order valence-electron chi connectivity index (χ3n) is 7.88. The van der Waals surface area contributed by atoms with Gasteiger partial charge >= 0.3 is 13.7 Å². The first-order valence-electron chi connectivity index (χ1n) is 14.7. The second kappa shape index (κ2) is 13.4. The van der Waals surface area contributed by atoms with Gasteiger partial charge in [-0.25, -0.2) is 19.5 Å². The maximum atomic E-state index is 14.4. The van der Waals surface area contributed by atoms with Gasteiger partial charge in [0.2, 0.25) is 0 Å². The summed E-state index contributed by atoms with van der Waals surface area (Å²) in [6.07, 6.45) is 1.30. The van der Waals surface area contributed by atoms with Crippen LogP contribution in [0.1, 0.15) is 64.8 Å². The Balaban J connectivity index is 1.36. The number of esters is 1. The van der Waals surface area contributed by atoms with Crippen LogP contribution in [0, 0.1) is 12.8 Å². The van der Waals surface area contributed by atoms with Crippen molar-refractivity contribution in [2.45, 2.75) is 103 Å². The molecule has 0 bridgehead atoms. The zero-order chi connectivity index (χ0) is 30.7. The molecule has 7 atom stereocenters. The molecule has 0 radical (unpaired) electrons. The summed E-state index contributed by atoms with van der Waals surface area (Å²) in [5.74, 6) is -0.603. The second-order valence-corrected chi connectivity index (χ2v) is 13.2. The highest BCUT2D eigenvalue weighted by Crippen LogP contribution is 2.48. The highest BCUT2D eigenvalue weighted by molar-refractivity contribution is 7.52. The van der Waals surface area contributed by atoms with Gasteiger partial charge in [-0.1, -0.05) is 38.5 Å². The molecule has 3 heterocycles. The molecule has 0 amide bonds. The van der Waals surface area contributed by atoms with E-state index in [0.717, 1.165) is 32.1 Å². The van der Waals surface area contributed by atoms with E-state index in [-0.39, 0.29) is 17.8 Å². The molecule has 2 aromatic heterocycles. The number of aliphatic hydroxyl groups is 2. The number of carbonyl (C=O) groups excluding carboxylic acids is 1. The summed E-state index contributed by atoms with van der Waals surface area (Å²) >= 11 is 0. The van der Waals surface area contributed by atoms with Crippen LogP contribution in [0.4, 0.5) is 0 Å². The van der Waals surface area contributed by atoms with E-state index in [1.807, 2.05) is 13.8 Å². The molecule has 234 valence electrons.